The van der Waals surface area contributed by atoms with Crippen molar-refractivity contribution in [1.82, 2.24) is 9.88 Å². The lowest BCUT2D eigenvalue weighted by atomic mass is 10.1. The minimum atomic E-state index is 0. The Morgan fingerprint density at radius 3 is 2.80 bits per heavy atom. The molecule has 3 heterocycles. The first kappa shape index (κ1) is 16.0. The van der Waals surface area contributed by atoms with Crippen LogP contribution in [0, 0.1) is 6.92 Å². The van der Waals surface area contributed by atoms with Gasteiger partial charge in [0.15, 0.2) is 0 Å². The molecule has 0 fully saturated rings. The van der Waals surface area contributed by atoms with E-state index in [2.05, 4.69) is 83.7 Å². The molecule has 25 heavy (non-hydrogen) atoms. The highest BCUT2D eigenvalue weighted by Crippen LogP contribution is 2.33. The van der Waals surface area contributed by atoms with Crippen molar-refractivity contribution in [3.05, 3.63) is 89.4 Å². The van der Waals surface area contributed by atoms with Crippen LogP contribution < -0.4 is 5.32 Å². The molecule has 5 rings (SSSR count). The summed E-state index contributed by atoms with van der Waals surface area (Å²) in [5.74, 6) is 0.965. The molecule has 0 amide bonds. The Labute approximate surface area is 152 Å². The van der Waals surface area contributed by atoms with E-state index >= 15 is 0 Å². The fourth-order valence-electron chi connectivity index (χ4n) is 3.68. The van der Waals surface area contributed by atoms with Gasteiger partial charge in [0.1, 0.15) is 17.4 Å². The van der Waals surface area contributed by atoms with E-state index in [0.29, 0.717) is 0 Å². The predicted octanol–water partition coefficient (Wildman–Crippen LogP) is 5.15. The number of hydrogen-bond acceptors (Lipinski definition) is 2. The van der Waals surface area contributed by atoms with Gasteiger partial charge >= 0.3 is 0 Å². The van der Waals surface area contributed by atoms with Crippen molar-refractivity contribution >= 4 is 23.4 Å². The number of aryl methyl sites for hydroxylation is 1. The van der Waals surface area contributed by atoms with Gasteiger partial charge in [-0.2, -0.15) is 0 Å². The molecule has 3 nitrogen and oxygen atoms in total. The molecule has 0 spiro atoms. The van der Waals surface area contributed by atoms with Crippen LogP contribution in [-0.2, 0) is 6.54 Å². The number of para-hydroxylation sites is 2. The number of hydrogen-bond donors (Lipinski definition) is 1. The molecule has 1 N–H and O–H groups in total. The van der Waals surface area contributed by atoms with Crippen molar-refractivity contribution in [2.45, 2.75) is 19.5 Å². The highest BCUT2D eigenvalue weighted by molar-refractivity contribution is 5.85. The second kappa shape index (κ2) is 6.10. The maximum Gasteiger partial charge on any atom is 0.137 e. The molecule has 0 bridgehead atoms. The van der Waals surface area contributed by atoms with E-state index in [1.165, 1.54) is 22.5 Å². The van der Waals surface area contributed by atoms with Crippen LogP contribution in [-0.4, -0.2) is 4.57 Å². The Balaban J connectivity index is 0.00000157. The fraction of sp³-hybridized carbons (Fsp3) is 0.143. The summed E-state index contributed by atoms with van der Waals surface area (Å²) in [6.07, 6.45) is 2.13. The summed E-state index contributed by atoms with van der Waals surface area (Å²) in [5.41, 5.74) is 5.89. The summed E-state index contributed by atoms with van der Waals surface area (Å²) >= 11 is 0. The standard InChI is InChI=1S/C21H18N2O.ClH/c1-14-6-4-8-15-12-19(24-21(14)15)20-18-10-5-11-23(18)17-9-3-2-7-16(17)13-22-20;/h2-12,20,22H,13H2,1H3;1H. The first-order valence-corrected chi connectivity index (χ1v) is 8.29. The first-order chi connectivity index (χ1) is 11.8. The molecule has 4 aromatic rings. The number of halogens is 1. The first-order valence-electron chi connectivity index (χ1n) is 8.29. The molecule has 1 atom stereocenters. The van der Waals surface area contributed by atoms with E-state index < -0.39 is 0 Å². The Bertz CT molecular complexity index is 1050. The lowest BCUT2D eigenvalue weighted by Gasteiger charge is -2.15. The largest absolute Gasteiger partial charge is 0.459 e. The molecule has 0 aliphatic carbocycles. The third kappa shape index (κ3) is 2.48. The summed E-state index contributed by atoms with van der Waals surface area (Å²) in [4.78, 5) is 0. The van der Waals surface area contributed by atoms with Crippen molar-refractivity contribution in [3.8, 4) is 5.69 Å². The highest BCUT2D eigenvalue weighted by atomic mass is 35.5. The second-order valence-electron chi connectivity index (χ2n) is 6.39. The average molecular weight is 351 g/mol. The molecule has 2 aromatic heterocycles. The number of fused-ring (bicyclic) bond motifs is 4. The quantitative estimate of drug-likeness (QED) is 0.514. The minimum Gasteiger partial charge on any atom is -0.459 e. The third-order valence-electron chi connectivity index (χ3n) is 4.87. The Morgan fingerprint density at radius 1 is 1.04 bits per heavy atom. The molecule has 126 valence electrons. The van der Waals surface area contributed by atoms with Gasteiger partial charge < -0.3 is 8.98 Å². The van der Waals surface area contributed by atoms with E-state index in [4.69, 9.17) is 4.42 Å². The van der Waals surface area contributed by atoms with Crippen LogP contribution >= 0.6 is 12.4 Å². The average Bonchev–Trinajstić information content (AvgIpc) is 3.21. The smallest absolute Gasteiger partial charge is 0.137 e. The number of furan rings is 1. The molecule has 1 aliphatic rings. The zero-order chi connectivity index (χ0) is 16.1. The third-order valence-corrected chi connectivity index (χ3v) is 4.87. The zero-order valence-electron chi connectivity index (χ0n) is 13.9. The summed E-state index contributed by atoms with van der Waals surface area (Å²) in [6, 6.07) is 21.3. The van der Waals surface area contributed by atoms with Crippen LogP contribution in [0.25, 0.3) is 16.7 Å². The van der Waals surface area contributed by atoms with Gasteiger partial charge in [-0.25, -0.2) is 0 Å². The lowest BCUT2D eigenvalue weighted by molar-refractivity contribution is 0.465. The Hall–Kier alpha value is -2.49. The maximum absolute atomic E-state index is 6.24. The van der Waals surface area contributed by atoms with E-state index in [-0.39, 0.29) is 18.4 Å². The van der Waals surface area contributed by atoms with Gasteiger partial charge in [-0.1, -0.05) is 36.4 Å². The van der Waals surface area contributed by atoms with Crippen LogP contribution in [0.15, 0.2) is 71.3 Å². The van der Waals surface area contributed by atoms with Gasteiger partial charge in [-0.05, 0) is 42.3 Å². The molecule has 4 heteroatoms. The van der Waals surface area contributed by atoms with Gasteiger partial charge in [-0.15, -0.1) is 12.4 Å². The van der Waals surface area contributed by atoms with E-state index in [0.717, 1.165) is 23.3 Å². The molecule has 2 aromatic carbocycles. The Kier molecular flexibility index (Phi) is 3.91. The van der Waals surface area contributed by atoms with Crippen LogP contribution in [0.4, 0.5) is 0 Å². The van der Waals surface area contributed by atoms with Crippen molar-refractivity contribution in [2.24, 2.45) is 0 Å². The lowest BCUT2D eigenvalue weighted by Crippen LogP contribution is -2.20. The van der Waals surface area contributed by atoms with Crippen LogP contribution in [0.1, 0.15) is 28.6 Å². The molecule has 1 unspecified atom stereocenters. The summed E-state index contributed by atoms with van der Waals surface area (Å²) < 4.78 is 8.51. The number of rotatable bonds is 1. The number of aromatic nitrogens is 1. The predicted molar refractivity (Wildman–Crippen MR) is 103 cm³/mol. The van der Waals surface area contributed by atoms with Gasteiger partial charge in [0, 0.05) is 29.5 Å². The molecule has 0 saturated carbocycles. The molecule has 1 aliphatic heterocycles. The van der Waals surface area contributed by atoms with Crippen LogP contribution in [0.5, 0.6) is 0 Å². The van der Waals surface area contributed by atoms with Crippen molar-refractivity contribution in [1.29, 1.82) is 0 Å². The molecular weight excluding hydrogens is 332 g/mol. The summed E-state index contributed by atoms with van der Waals surface area (Å²) in [6.45, 7) is 2.91. The fourth-order valence-corrected chi connectivity index (χ4v) is 3.68. The van der Waals surface area contributed by atoms with Crippen LogP contribution in [0.3, 0.4) is 0 Å². The van der Waals surface area contributed by atoms with Crippen molar-refractivity contribution in [2.75, 3.05) is 0 Å². The van der Waals surface area contributed by atoms with Gasteiger partial charge in [0.05, 0.1) is 0 Å². The van der Waals surface area contributed by atoms with Gasteiger partial charge in [0.25, 0.3) is 0 Å². The van der Waals surface area contributed by atoms with Gasteiger partial charge in [0.2, 0.25) is 0 Å². The molecule has 0 radical (unpaired) electrons. The normalized spacial score (nSPS) is 16.0. The Morgan fingerprint density at radius 2 is 1.92 bits per heavy atom. The monoisotopic (exact) mass is 350 g/mol. The summed E-state index contributed by atoms with van der Waals surface area (Å²) in [7, 11) is 0. The number of nitrogens with zero attached hydrogens (tertiary/aromatic N) is 1. The van der Waals surface area contributed by atoms with E-state index in [1.807, 2.05) is 0 Å². The highest BCUT2D eigenvalue weighted by Gasteiger charge is 2.25. The van der Waals surface area contributed by atoms with Crippen LogP contribution in [0.2, 0.25) is 0 Å². The SMILES string of the molecule is Cc1cccc2cc(C3NCc4ccccc4-n4cccc43)oc12.Cl. The van der Waals surface area contributed by atoms with E-state index in [1.54, 1.807) is 0 Å². The summed E-state index contributed by atoms with van der Waals surface area (Å²) in [5, 5.41) is 4.82. The number of nitrogens with one attached hydrogen (secondary N) is 1. The minimum absolute atomic E-state index is 0. The topological polar surface area (TPSA) is 30.1 Å². The molecular formula is C21H19ClN2O. The van der Waals surface area contributed by atoms with E-state index in [9.17, 15) is 0 Å². The van der Waals surface area contributed by atoms with Gasteiger partial charge in [-0.3, -0.25) is 5.32 Å². The number of benzene rings is 2. The van der Waals surface area contributed by atoms with Crippen molar-refractivity contribution < 1.29 is 4.42 Å². The molecule has 0 saturated heterocycles. The zero-order valence-corrected chi connectivity index (χ0v) is 14.7. The second-order valence-corrected chi connectivity index (χ2v) is 6.39. The van der Waals surface area contributed by atoms with Crippen molar-refractivity contribution in [3.63, 3.8) is 0 Å². The maximum atomic E-state index is 6.24.